The van der Waals surface area contributed by atoms with E-state index < -0.39 is 17.6 Å². The molecule has 1 aliphatic rings. The molecule has 2 aromatic heterocycles. The topological polar surface area (TPSA) is 68.3 Å². The van der Waals surface area contributed by atoms with Gasteiger partial charge < -0.3 is 10.1 Å². The summed E-state index contributed by atoms with van der Waals surface area (Å²) in [5.74, 6) is -0.568. The Bertz CT molecular complexity index is 1020. The van der Waals surface area contributed by atoms with E-state index in [2.05, 4.69) is 26.2 Å². The second-order valence-electron chi connectivity index (χ2n) is 6.32. The van der Waals surface area contributed by atoms with E-state index >= 15 is 0 Å². The predicted octanol–water partition coefficient (Wildman–Crippen LogP) is 4.34. The molecule has 4 rings (SSSR count). The van der Waals surface area contributed by atoms with Crippen LogP contribution >= 0.6 is 38.9 Å². The Morgan fingerprint density at radius 1 is 1.18 bits per heavy atom. The van der Waals surface area contributed by atoms with Gasteiger partial charge in [-0.15, -0.1) is 0 Å². The van der Waals surface area contributed by atoms with Crippen LogP contribution in [-0.2, 0) is 15.1 Å². The highest BCUT2D eigenvalue weighted by Gasteiger charge is 2.49. The SMILES string of the molecule is O=C1CC(c2ccsc2)(c2cccc(Br)n2)NC(=O)C1Oc1ccccc1Cl. The summed E-state index contributed by atoms with van der Waals surface area (Å²) in [6.45, 7) is 0. The van der Waals surface area contributed by atoms with Gasteiger partial charge in [0.2, 0.25) is 6.10 Å². The number of nitrogens with one attached hydrogen (secondary N) is 1. The van der Waals surface area contributed by atoms with Gasteiger partial charge >= 0.3 is 0 Å². The van der Waals surface area contributed by atoms with E-state index in [0.29, 0.717) is 21.1 Å². The third kappa shape index (κ3) is 3.45. The zero-order valence-corrected chi connectivity index (χ0v) is 17.6. The number of carbonyl (C=O) groups is 2. The van der Waals surface area contributed by atoms with E-state index in [-0.39, 0.29) is 12.2 Å². The molecule has 1 aliphatic heterocycles. The highest BCUT2D eigenvalue weighted by atomic mass is 79.9. The van der Waals surface area contributed by atoms with Crippen LogP contribution in [-0.4, -0.2) is 22.8 Å². The van der Waals surface area contributed by atoms with Gasteiger partial charge in [-0.1, -0.05) is 29.8 Å². The van der Waals surface area contributed by atoms with Crippen molar-refractivity contribution in [1.82, 2.24) is 10.3 Å². The Balaban J connectivity index is 1.71. The fraction of sp³-hybridized carbons (Fsp3) is 0.150. The van der Waals surface area contributed by atoms with E-state index in [4.69, 9.17) is 16.3 Å². The molecular formula is C20H14BrClN2O3S. The highest BCUT2D eigenvalue weighted by molar-refractivity contribution is 9.10. The van der Waals surface area contributed by atoms with Crippen LogP contribution in [0.3, 0.4) is 0 Å². The fourth-order valence-electron chi connectivity index (χ4n) is 3.24. The maximum absolute atomic E-state index is 13.0. The molecule has 8 heteroatoms. The molecule has 3 heterocycles. The molecule has 0 bridgehead atoms. The summed E-state index contributed by atoms with van der Waals surface area (Å²) in [5.41, 5.74) is 0.345. The van der Waals surface area contributed by atoms with Gasteiger partial charge in [-0.05, 0) is 62.6 Å². The number of piperidine rings is 1. The van der Waals surface area contributed by atoms with Crippen LogP contribution < -0.4 is 10.1 Å². The number of nitrogens with zero attached hydrogens (tertiary/aromatic N) is 1. The molecule has 0 radical (unpaired) electrons. The molecule has 142 valence electrons. The summed E-state index contributed by atoms with van der Waals surface area (Å²) in [4.78, 5) is 30.5. The summed E-state index contributed by atoms with van der Waals surface area (Å²) < 4.78 is 6.28. The van der Waals surface area contributed by atoms with Crippen LogP contribution in [0.2, 0.25) is 5.02 Å². The van der Waals surface area contributed by atoms with E-state index in [1.165, 1.54) is 11.3 Å². The average Bonchev–Trinajstić information content (AvgIpc) is 3.21. The van der Waals surface area contributed by atoms with Crippen molar-refractivity contribution >= 4 is 50.6 Å². The van der Waals surface area contributed by atoms with Crippen LogP contribution in [0.15, 0.2) is 63.9 Å². The summed E-state index contributed by atoms with van der Waals surface area (Å²) in [5, 5.41) is 7.14. The normalized spacial score (nSPS) is 22.0. The lowest BCUT2D eigenvalue weighted by Crippen LogP contribution is -2.60. The molecule has 1 N–H and O–H groups in total. The predicted molar refractivity (Wildman–Crippen MR) is 111 cm³/mol. The summed E-state index contributed by atoms with van der Waals surface area (Å²) >= 11 is 11.0. The number of hydrogen-bond acceptors (Lipinski definition) is 5. The van der Waals surface area contributed by atoms with Gasteiger partial charge in [-0.2, -0.15) is 11.3 Å². The van der Waals surface area contributed by atoms with Crippen LogP contribution in [0.1, 0.15) is 17.7 Å². The molecule has 1 aromatic carbocycles. The van der Waals surface area contributed by atoms with Crippen LogP contribution in [0.25, 0.3) is 0 Å². The molecule has 5 nitrogen and oxygen atoms in total. The number of Topliss-reactive ketones (excluding diaryl/α,β-unsaturated/α-hetero) is 1. The van der Waals surface area contributed by atoms with Crippen molar-refractivity contribution in [1.29, 1.82) is 0 Å². The zero-order valence-electron chi connectivity index (χ0n) is 14.4. The second kappa shape index (κ2) is 7.66. The third-order valence-electron chi connectivity index (χ3n) is 4.55. The van der Waals surface area contributed by atoms with Gasteiger partial charge in [0, 0.05) is 6.42 Å². The van der Waals surface area contributed by atoms with E-state index in [1.54, 1.807) is 36.4 Å². The van der Waals surface area contributed by atoms with Crippen molar-refractivity contribution in [3.8, 4) is 5.75 Å². The molecule has 1 saturated heterocycles. The van der Waals surface area contributed by atoms with Crippen LogP contribution in [0.5, 0.6) is 5.75 Å². The number of halogens is 2. The number of ether oxygens (including phenoxy) is 1. The zero-order chi connectivity index (χ0) is 19.7. The van der Waals surface area contributed by atoms with E-state index in [0.717, 1.165) is 5.56 Å². The average molecular weight is 478 g/mol. The number of thiophene rings is 1. The van der Waals surface area contributed by atoms with Crippen molar-refractivity contribution in [3.05, 3.63) is 80.2 Å². The smallest absolute Gasteiger partial charge is 0.269 e. The quantitative estimate of drug-likeness (QED) is 0.448. The minimum absolute atomic E-state index is 0.0219. The number of benzene rings is 1. The summed E-state index contributed by atoms with van der Waals surface area (Å²) in [6.07, 6.45) is -1.24. The number of carbonyl (C=O) groups excluding carboxylic acids is 2. The first-order valence-corrected chi connectivity index (χ1v) is 10.5. The molecule has 1 fully saturated rings. The number of rotatable bonds is 4. The Morgan fingerprint density at radius 2 is 2.00 bits per heavy atom. The van der Waals surface area contributed by atoms with E-state index in [1.807, 2.05) is 22.9 Å². The largest absolute Gasteiger partial charge is 0.471 e. The first kappa shape index (κ1) is 19.1. The highest BCUT2D eigenvalue weighted by Crippen LogP contribution is 2.38. The maximum Gasteiger partial charge on any atom is 0.269 e. The molecule has 0 aliphatic carbocycles. The van der Waals surface area contributed by atoms with Gasteiger partial charge in [0.25, 0.3) is 5.91 Å². The lowest BCUT2D eigenvalue weighted by Gasteiger charge is -2.39. The Morgan fingerprint density at radius 3 is 2.68 bits per heavy atom. The molecule has 3 aromatic rings. The van der Waals surface area contributed by atoms with Gasteiger partial charge in [-0.25, -0.2) is 4.98 Å². The Hall–Kier alpha value is -2.22. The minimum atomic E-state index is -1.26. The molecule has 0 saturated carbocycles. The van der Waals surface area contributed by atoms with Gasteiger partial charge in [0.15, 0.2) is 5.78 Å². The second-order valence-corrected chi connectivity index (χ2v) is 8.32. The first-order chi connectivity index (χ1) is 13.5. The fourth-order valence-corrected chi connectivity index (χ4v) is 4.49. The molecule has 1 amide bonds. The number of pyridine rings is 1. The Labute approximate surface area is 178 Å². The third-order valence-corrected chi connectivity index (χ3v) is 5.99. The van der Waals surface area contributed by atoms with Crippen molar-refractivity contribution < 1.29 is 14.3 Å². The maximum atomic E-state index is 13.0. The van der Waals surface area contributed by atoms with Crippen molar-refractivity contribution in [2.24, 2.45) is 0 Å². The molecule has 2 unspecified atom stereocenters. The molecule has 0 spiro atoms. The summed E-state index contributed by atoms with van der Waals surface area (Å²) in [6, 6.07) is 14.0. The molecular weight excluding hydrogens is 464 g/mol. The number of amides is 1. The van der Waals surface area contributed by atoms with E-state index in [9.17, 15) is 9.59 Å². The van der Waals surface area contributed by atoms with Crippen molar-refractivity contribution in [2.75, 3.05) is 0 Å². The standard InChI is InChI=1S/C20H14BrClN2O3S/c21-17-7-3-6-16(23-17)20(12-8-9-28-11-12)10-14(25)18(19(26)24-20)27-15-5-2-1-4-13(15)22/h1-9,11,18H,10H2,(H,24,26). The number of ketones is 1. The molecule has 28 heavy (non-hydrogen) atoms. The van der Waals surface area contributed by atoms with Crippen molar-refractivity contribution in [3.63, 3.8) is 0 Å². The number of aromatic nitrogens is 1. The van der Waals surface area contributed by atoms with Crippen molar-refractivity contribution in [2.45, 2.75) is 18.1 Å². The van der Waals surface area contributed by atoms with Gasteiger partial charge in [0.1, 0.15) is 15.9 Å². The van der Waals surface area contributed by atoms with Gasteiger partial charge in [0.05, 0.1) is 10.7 Å². The summed E-state index contributed by atoms with van der Waals surface area (Å²) in [7, 11) is 0. The lowest BCUT2D eigenvalue weighted by atomic mass is 9.79. The lowest BCUT2D eigenvalue weighted by molar-refractivity contribution is -0.144. The number of para-hydroxylation sites is 1. The van der Waals surface area contributed by atoms with Crippen LogP contribution in [0.4, 0.5) is 0 Å². The minimum Gasteiger partial charge on any atom is -0.471 e. The van der Waals surface area contributed by atoms with Crippen LogP contribution in [0, 0.1) is 0 Å². The monoisotopic (exact) mass is 476 g/mol. The number of hydrogen-bond donors (Lipinski definition) is 1. The van der Waals surface area contributed by atoms with Gasteiger partial charge in [-0.3, -0.25) is 9.59 Å². The first-order valence-electron chi connectivity index (χ1n) is 8.41. The Kier molecular flexibility index (Phi) is 5.23. The molecule has 2 atom stereocenters.